The Morgan fingerprint density at radius 2 is 2.33 bits per heavy atom. The van der Waals surface area contributed by atoms with Crippen molar-refractivity contribution in [1.82, 2.24) is 10.2 Å². The van der Waals surface area contributed by atoms with Gasteiger partial charge in [0.15, 0.2) is 0 Å². The molecule has 2 aromatic rings. The molecule has 3 N–H and O–H groups in total. The zero-order chi connectivity index (χ0) is 10.8. The van der Waals surface area contributed by atoms with Crippen LogP contribution < -0.4 is 5.73 Å². The number of nitrogen functional groups attached to an aromatic ring is 1. The predicted molar refractivity (Wildman–Crippen MR) is 65.3 cm³/mol. The second-order valence-corrected chi connectivity index (χ2v) is 4.50. The van der Waals surface area contributed by atoms with E-state index in [0.29, 0.717) is 5.82 Å². The molecule has 0 atom stereocenters. The molecule has 0 aromatic carbocycles. The van der Waals surface area contributed by atoms with E-state index in [1.165, 1.54) is 0 Å². The molecule has 2 heterocycles. The number of nitrogens with zero attached hydrogens (tertiary/aromatic N) is 1. The van der Waals surface area contributed by atoms with Crippen molar-refractivity contribution >= 4 is 28.8 Å². The summed E-state index contributed by atoms with van der Waals surface area (Å²) in [5.41, 5.74) is 8.82. The summed E-state index contributed by atoms with van der Waals surface area (Å²) in [5, 5.41) is 11.6. The van der Waals surface area contributed by atoms with Gasteiger partial charge in [-0.2, -0.15) is 16.4 Å². The van der Waals surface area contributed by atoms with Crippen LogP contribution in [0.1, 0.15) is 18.9 Å². The largest absolute Gasteiger partial charge is 0.382 e. The van der Waals surface area contributed by atoms with E-state index >= 15 is 0 Å². The van der Waals surface area contributed by atoms with Crippen molar-refractivity contribution in [1.29, 1.82) is 0 Å². The minimum absolute atomic E-state index is 0.578. The SMILES string of the molecule is CCCc1c(N)n[nH]c1-c1cscc1Cl. The van der Waals surface area contributed by atoms with Crippen molar-refractivity contribution in [3.05, 3.63) is 21.3 Å². The summed E-state index contributed by atoms with van der Waals surface area (Å²) in [7, 11) is 0. The number of nitrogens with one attached hydrogen (secondary N) is 1. The third kappa shape index (κ3) is 1.87. The molecule has 15 heavy (non-hydrogen) atoms. The standard InChI is InChI=1S/C10H12ClN3S/c1-2-3-6-9(13-14-10(6)12)7-4-15-5-8(7)11/h4-5H,2-3H2,1H3,(H3,12,13,14). The Morgan fingerprint density at radius 3 is 2.93 bits per heavy atom. The number of hydrogen-bond donors (Lipinski definition) is 2. The van der Waals surface area contributed by atoms with Gasteiger partial charge in [0.1, 0.15) is 5.82 Å². The molecule has 0 aliphatic heterocycles. The van der Waals surface area contributed by atoms with Crippen molar-refractivity contribution in [3.63, 3.8) is 0 Å². The first-order valence-electron chi connectivity index (χ1n) is 4.78. The average molecular weight is 242 g/mol. The molecule has 0 saturated carbocycles. The maximum atomic E-state index is 6.08. The van der Waals surface area contributed by atoms with Gasteiger partial charge in [-0.05, 0) is 6.42 Å². The molecule has 2 rings (SSSR count). The van der Waals surface area contributed by atoms with Crippen LogP contribution in [-0.2, 0) is 6.42 Å². The van der Waals surface area contributed by atoms with E-state index in [1.807, 2.05) is 10.8 Å². The topological polar surface area (TPSA) is 54.7 Å². The molecular weight excluding hydrogens is 230 g/mol. The van der Waals surface area contributed by atoms with Crippen molar-refractivity contribution in [3.8, 4) is 11.3 Å². The number of anilines is 1. The monoisotopic (exact) mass is 241 g/mol. The Labute approximate surface area is 97.3 Å². The van der Waals surface area contributed by atoms with Gasteiger partial charge < -0.3 is 5.73 Å². The van der Waals surface area contributed by atoms with Crippen LogP contribution >= 0.6 is 22.9 Å². The van der Waals surface area contributed by atoms with Gasteiger partial charge in [0.05, 0.1) is 10.7 Å². The summed E-state index contributed by atoms with van der Waals surface area (Å²) < 4.78 is 0. The smallest absolute Gasteiger partial charge is 0.149 e. The lowest BCUT2D eigenvalue weighted by Crippen LogP contribution is -1.92. The molecule has 0 bridgehead atoms. The van der Waals surface area contributed by atoms with Gasteiger partial charge in [-0.3, -0.25) is 5.10 Å². The summed E-state index contributed by atoms with van der Waals surface area (Å²) >= 11 is 7.65. The van der Waals surface area contributed by atoms with Gasteiger partial charge in [0.25, 0.3) is 0 Å². The summed E-state index contributed by atoms with van der Waals surface area (Å²) in [6.45, 7) is 2.12. The van der Waals surface area contributed by atoms with Crippen molar-refractivity contribution in [2.75, 3.05) is 5.73 Å². The van der Waals surface area contributed by atoms with Crippen LogP contribution in [0.5, 0.6) is 0 Å². The second kappa shape index (κ2) is 4.24. The van der Waals surface area contributed by atoms with Crippen molar-refractivity contribution in [2.24, 2.45) is 0 Å². The number of aromatic nitrogens is 2. The van der Waals surface area contributed by atoms with E-state index in [4.69, 9.17) is 17.3 Å². The lowest BCUT2D eigenvalue weighted by atomic mass is 10.1. The molecule has 0 radical (unpaired) electrons. The van der Waals surface area contributed by atoms with Gasteiger partial charge >= 0.3 is 0 Å². The van der Waals surface area contributed by atoms with Gasteiger partial charge in [-0.25, -0.2) is 0 Å². The molecule has 5 heteroatoms. The number of rotatable bonds is 3. The van der Waals surface area contributed by atoms with Gasteiger partial charge in [0.2, 0.25) is 0 Å². The van der Waals surface area contributed by atoms with E-state index < -0.39 is 0 Å². The zero-order valence-electron chi connectivity index (χ0n) is 8.38. The van der Waals surface area contributed by atoms with E-state index in [2.05, 4.69) is 17.1 Å². The normalized spacial score (nSPS) is 10.8. The Morgan fingerprint density at radius 1 is 1.53 bits per heavy atom. The Balaban J connectivity index is 2.49. The molecule has 3 nitrogen and oxygen atoms in total. The minimum Gasteiger partial charge on any atom is -0.382 e. The molecular formula is C10H12ClN3S. The molecule has 2 aromatic heterocycles. The molecule has 0 amide bonds. The highest BCUT2D eigenvalue weighted by atomic mass is 35.5. The Kier molecular flexibility index (Phi) is 2.98. The average Bonchev–Trinajstić information content (AvgIpc) is 2.76. The number of aromatic amines is 1. The fraction of sp³-hybridized carbons (Fsp3) is 0.300. The van der Waals surface area contributed by atoms with Crippen LogP contribution in [0, 0.1) is 0 Å². The number of thiophene rings is 1. The highest BCUT2D eigenvalue weighted by Gasteiger charge is 2.14. The second-order valence-electron chi connectivity index (χ2n) is 3.35. The van der Waals surface area contributed by atoms with Gasteiger partial charge in [0, 0.05) is 21.9 Å². The first kappa shape index (κ1) is 10.5. The lowest BCUT2D eigenvalue weighted by molar-refractivity contribution is 0.927. The maximum Gasteiger partial charge on any atom is 0.149 e. The molecule has 0 unspecified atom stereocenters. The fourth-order valence-corrected chi connectivity index (χ4v) is 2.63. The van der Waals surface area contributed by atoms with E-state index in [1.54, 1.807) is 11.3 Å². The third-order valence-corrected chi connectivity index (χ3v) is 3.47. The number of hydrogen-bond acceptors (Lipinski definition) is 3. The highest BCUT2D eigenvalue weighted by Crippen LogP contribution is 2.34. The summed E-state index contributed by atoms with van der Waals surface area (Å²) in [5.74, 6) is 0.578. The fourth-order valence-electron chi connectivity index (χ4n) is 1.56. The molecule has 80 valence electrons. The number of nitrogens with two attached hydrogens (primary N) is 1. The molecule has 0 saturated heterocycles. The predicted octanol–water partition coefficient (Wildman–Crippen LogP) is 3.33. The van der Waals surface area contributed by atoms with Gasteiger partial charge in [-0.1, -0.05) is 24.9 Å². The lowest BCUT2D eigenvalue weighted by Gasteiger charge is -2.00. The summed E-state index contributed by atoms with van der Waals surface area (Å²) in [6.07, 6.45) is 1.96. The Bertz CT molecular complexity index is 461. The van der Waals surface area contributed by atoms with Gasteiger partial charge in [-0.15, -0.1) is 0 Å². The highest BCUT2D eigenvalue weighted by molar-refractivity contribution is 7.09. The zero-order valence-corrected chi connectivity index (χ0v) is 9.95. The number of H-pyrrole nitrogens is 1. The Hall–Kier alpha value is -1.00. The van der Waals surface area contributed by atoms with Crippen LogP contribution in [-0.4, -0.2) is 10.2 Å². The van der Waals surface area contributed by atoms with Crippen LogP contribution in [0.4, 0.5) is 5.82 Å². The summed E-state index contributed by atoms with van der Waals surface area (Å²) in [6, 6.07) is 0. The van der Waals surface area contributed by atoms with Crippen LogP contribution in [0.25, 0.3) is 11.3 Å². The van der Waals surface area contributed by atoms with Crippen molar-refractivity contribution < 1.29 is 0 Å². The molecule has 0 spiro atoms. The summed E-state index contributed by atoms with van der Waals surface area (Å²) in [4.78, 5) is 0. The maximum absolute atomic E-state index is 6.08. The number of halogens is 1. The van der Waals surface area contributed by atoms with Crippen molar-refractivity contribution in [2.45, 2.75) is 19.8 Å². The first-order chi connectivity index (χ1) is 7.24. The molecule has 0 aliphatic carbocycles. The molecule has 0 aliphatic rings. The van der Waals surface area contributed by atoms with Crippen LogP contribution in [0.3, 0.4) is 0 Å². The van der Waals surface area contributed by atoms with Crippen LogP contribution in [0.2, 0.25) is 5.02 Å². The minimum atomic E-state index is 0.578. The van der Waals surface area contributed by atoms with E-state index in [0.717, 1.165) is 34.7 Å². The van der Waals surface area contributed by atoms with E-state index in [-0.39, 0.29) is 0 Å². The quantitative estimate of drug-likeness (QED) is 0.866. The molecule has 0 fully saturated rings. The third-order valence-electron chi connectivity index (χ3n) is 2.28. The van der Waals surface area contributed by atoms with Crippen LogP contribution in [0.15, 0.2) is 10.8 Å². The first-order valence-corrected chi connectivity index (χ1v) is 6.11. The van der Waals surface area contributed by atoms with E-state index in [9.17, 15) is 0 Å².